The normalized spacial score (nSPS) is 14.4. The van der Waals surface area contributed by atoms with Crippen molar-refractivity contribution in [1.29, 1.82) is 0 Å². The van der Waals surface area contributed by atoms with Gasteiger partial charge in [-0.3, -0.25) is 4.79 Å². The van der Waals surface area contributed by atoms with E-state index in [0.717, 1.165) is 4.90 Å². The Bertz CT molecular complexity index is 348. The molecular weight excluding hydrogens is 289 g/mol. The molecule has 2 unspecified atom stereocenters. The molecule has 2 N–H and O–H groups in total. The van der Waals surface area contributed by atoms with Crippen LogP contribution in [0.1, 0.15) is 39.5 Å². The van der Waals surface area contributed by atoms with Crippen molar-refractivity contribution in [3.8, 4) is 0 Å². The van der Waals surface area contributed by atoms with Crippen molar-refractivity contribution in [3.05, 3.63) is 0 Å². The lowest BCUT2D eigenvalue weighted by Gasteiger charge is -2.22. The summed E-state index contributed by atoms with van der Waals surface area (Å²) < 4.78 is 36.1. The second kappa shape index (κ2) is 8.74. The minimum Gasteiger partial charge on any atom is -0.481 e. The highest BCUT2D eigenvalue weighted by Crippen LogP contribution is 2.19. The third kappa shape index (κ3) is 9.97. The summed E-state index contributed by atoms with van der Waals surface area (Å²) in [5, 5.41) is 11.3. The Morgan fingerprint density at radius 2 is 1.81 bits per heavy atom. The number of aliphatic carboxylic acids is 1. The fraction of sp³-hybridized carbons (Fsp3) is 0.846. The number of urea groups is 1. The molecule has 0 aromatic heterocycles. The standard InChI is InChI=1S/C13H23F3N2O3/c1-9(11(19)20)5-4-6-10(2)17-12(21)18(3)8-7-13(14,15)16/h9-10H,4-8H2,1-3H3,(H,17,21)(H,19,20). The summed E-state index contributed by atoms with van der Waals surface area (Å²) in [4.78, 5) is 23.2. The molecular formula is C13H23F3N2O3. The highest BCUT2D eigenvalue weighted by molar-refractivity contribution is 5.74. The van der Waals surface area contributed by atoms with E-state index in [1.54, 1.807) is 13.8 Å². The predicted molar refractivity (Wildman–Crippen MR) is 71.9 cm³/mol. The number of halogens is 3. The monoisotopic (exact) mass is 312 g/mol. The Labute approximate surface area is 122 Å². The maximum absolute atomic E-state index is 12.0. The van der Waals surface area contributed by atoms with Gasteiger partial charge < -0.3 is 15.3 Å². The summed E-state index contributed by atoms with van der Waals surface area (Å²) in [6, 6.07) is -0.773. The Kier molecular flexibility index (Phi) is 8.12. The topological polar surface area (TPSA) is 69.6 Å². The number of carbonyl (C=O) groups is 2. The van der Waals surface area contributed by atoms with Crippen LogP contribution in [0.25, 0.3) is 0 Å². The predicted octanol–water partition coefficient (Wildman–Crippen LogP) is 2.86. The Hall–Kier alpha value is -1.47. The van der Waals surface area contributed by atoms with Crippen LogP contribution in [0.3, 0.4) is 0 Å². The van der Waals surface area contributed by atoms with Crippen molar-refractivity contribution in [2.75, 3.05) is 13.6 Å². The third-order valence-corrected chi connectivity index (χ3v) is 3.14. The number of alkyl halides is 3. The number of carbonyl (C=O) groups excluding carboxylic acids is 1. The first-order valence-corrected chi connectivity index (χ1v) is 6.84. The third-order valence-electron chi connectivity index (χ3n) is 3.14. The molecule has 0 fully saturated rings. The quantitative estimate of drug-likeness (QED) is 0.724. The van der Waals surface area contributed by atoms with Gasteiger partial charge in [0.25, 0.3) is 0 Å². The van der Waals surface area contributed by atoms with Gasteiger partial charge in [-0.15, -0.1) is 0 Å². The number of amides is 2. The van der Waals surface area contributed by atoms with Gasteiger partial charge in [-0.1, -0.05) is 13.3 Å². The van der Waals surface area contributed by atoms with Gasteiger partial charge in [0.2, 0.25) is 0 Å². The number of nitrogens with one attached hydrogen (secondary N) is 1. The Balaban J connectivity index is 3.95. The molecule has 2 atom stereocenters. The van der Waals surface area contributed by atoms with Gasteiger partial charge in [-0.2, -0.15) is 13.2 Å². The first-order valence-electron chi connectivity index (χ1n) is 6.84. The smallest absolute Gasteiger partial charge is 0.390 e. The molecule has 124 valence electrons. The molecule has 0 bridgehead atoms. The van der Waals surface area contributed by atoms with Crippen LogP contribution in [-0.2, 0) is 4.79 Å². The van der Waals surface area contributed by atoms with E-state index in [4.69, 9.17) is 5.11 Å². The number of hydrogen-bond acceptors (Lipinski definition) is 2. The van der Waals surface area contributed by atoms with Gasteiger partial charge in [0.15, 0.2) is 0 Å². The minimum absolute atomic E-state index is 0.216. The lowest BCUT2D eigenvalue weighted by atomic mass is 10.0. The minimum atomic E-state index is -4.28. The van der Waals surface area contributed by atoms with Gasteiger partial charge in [-0.25, -0.2) is 4.79 Å². The second-order valence-electron chi connectivity index (χ2n) is 5.31. The largest absolute Gasteiger partial charge is 0.481 e. The molecule has 0 saturated heterocycles. The molecule has 21 heavy (non-hydrogen) atoms. The van der Waals surface area contributed by atoms with E-state index in [0.29, 0.717) is 19.3 Å². The van der Waals surface area contributed by atoms with Crippen LogP contribution >= 0.6 is 0 Å². The molecule has 0 rings (SSSR count). The van der Waals surface area contributed by atoms with Crippen LogP contribution in [0, 0.1) is 5.92 Å². The zero-order valence-electron chi connectivity index (χ0n) is 12.5. The van der Waals surface area contributed by atoms with Crippen molar-refractivity contribution in [2.45, 2.75) is 51.7 Å². The fourth-order valence-electron chi connectivity index (χ4n) is 1.64. The van der Waals surface area contributed by atoms with Crippen LogP contribution < -0.4 is 5.32 Å². The van der Waals surface area contributed by atoms with Gasteiger partial charge in [0, 0.05) is 19.6 Å². The van der Waals surface area contributed by atoms with Crippen molar-refractivity contribution in [2.24, 2.45) is 5.92 Å². The lowest BCUT2D eigenvalue weighted by Crippen LogP contribution is -2.43. The molecule has 0 aliphatic carbocycles. The van der Waals surface area contributed by atoms with E-state index in [1.165, 1.54) is 7.05 Å². The average molecular weight is 312 g/mol. The lowest BCUT2D eigenvalue weighted by molar-refractivity contribution is -0.141. The number of rotatable bonds is 8. The van der Waals surface area contributed by atoms with Gasteiger partial charge in [0.1, 0.15) is 0 Å². The van der Waals surface area contributed by atoms with E-state index in [-0.39, 0.29) is 6.04 Å². The number of carboxylic acid groups (broad SMARTS) is 1. The first-order chi connectivity index (χ1) is 9.53. The zero-order valence-corrected chi connectivity index (χ0v) is 12.5. The first kappa shape index (κ1) is 19.5. The van der Waals surface area contributed by atoms with E-state index >= 15 is 0 Å². The molecule has 0 heterocycles. The fourth-order valence-corrected chi connectivity index (χ4v) is 1.64. The maximum Gasteiger partial charge on any atom is 0.390 e. The molecule has 0 aliphatic heterocycles. The van der Waals surface area contributed by atoms with E-state index < -0.39 is 37.1 Å². The summed E-state index contributed by atoms with van der Waals surface area (Å²) in [6.45, 7) is 2.95. The second-order valence-corrected chi connectivity index (χ2v) is 5.31. The molecule has 0 radical (unpaired) electrons. The maximum atomic E-state index is 12.0. The molecule has 0 saturated carbocycles. The SMILES string of the molecule is CC(CCCC(C)C(=O)O)NC(=O)N(C)CCC(F)(F)F. The summed E-state index contributed by atoms with van der Waals surface area (Å²) in [7, 11) is 1.31. The molecule has 0 aromatic rings. The van der Waals surface area contributed by atoms with Gasteiger partial charge in [-0.05, 0) is 19.8 Å². The van der Waals surface area contributed by atoms with Crippen LogP contribution in [-0.4, -0.2) is 47.8 Å². The van der Waals surface area contributed by atoms with E-state index in [9.17, 15) is 22.8 Å². The number of carboxylic acids is 1. The van der Waals surface area contributed by atoms with Crippen LogP contribution in [0.15, 0.2) is 0 Å². The van der Waals surface area contributed by atoms with Crippen LogP contribution in [0.2, 0.25) is 0 Å². The van der Waals surface area contributed by atoms with Gasteiger partial charge in [0.05, 0.1) is 12.3 Å². The van der Waals surface area contributed by atoms with E-state index in [2.05, 4.69) is 5.32 Å². The van der Waals surface area contributed by atoms with Crippen LogP contribution in [0.4, 0.5) is 18.0 Å². The Morgan fingerprint density at radius 1 is 1.24 bits per heavy atom. The van der Waals surface area contributed by atoms with Crippen LogP contribution in [0.5, 0.6) is 0 Å². The molecule has 0 spiro atoms. The molecule has 8 heteroatoms. The number of nitrogens with zero attached hydrogens (tertiary/aromatic N) is 1. The molecule has 2 amide bonds. The summed E-state index contributed by atoms with van der Waals surface area (Å²) in [5.41, 5.74) is 0. The average Bonchev–Trinajstić information content (AvgIpc) is 2.34. The van der Waals surface area contributed by atoms with Crippen molar-refractivity contribution in [1.82, 2.24) is 10.2 Å². The summed E-state index contributed by atoms with van der Waals surface area (Å²) in [6.07, 6.45) is -3.62. The zero-order chi connectivity index (χ0) is 16.6. The number of hydrogen-bond donors (Lipinski definition) is 2. The highest BCUT2D eigenvalue weighted by Gasteiger charge is 2.28. The molecule has 0 aromatic carbocycles. The van der Waals surface area contributed by atoms with Gasteiger partial charge >= 0.3 is 18.2 Å². The summed E-state index contributed by atoms with van der Waals surface area (Å²) in [5.74, 6) is -1.30. The van der Waals surface area contributed by atoms with Crippen molar-refractivity contribution >= 4 is 12.0 Å². The summed E-state index contributed by atoms with van der Waals surface area (Å²) >= 11 is 0. The molecule has 5 nitrogen and oxygen atoms in total. The van der Waals surface area contributed by atoms with Crippen molar-refractivity contribution in [3.63, 3.8) is 0 Å². The Morgan fingerprint density at radius 3 is 2.29 bits per heavy atom. The van der Waals surface area contributed by atoms with Crippen molar-refractivity contribution < 1.29 is 27.9 Å². The molecule has 0 aliphatic rings. The van der Waals surface area contributed by atoms with E-state index in [1.807, 2.05) is 0 Å². The highest BCUT2D eigenvalue weighted by atomic mass is 19.4.